The molecule has 0 saturated heterocycles. The van der Waals surface area contributed by atoms with E-state index in [9.17, 15) is 0 Å². The zero-order valence-electron chi connectivity index (χ0n) is 19.3. The van der Waals surface area contributed by atoms with Gasteiger partial charge < -0.3 is 0 Å². The van der Waals surface area contributed by atoms with E-state index in [-0.39, 0.29) is 0 Å². The van der Waals surface area contributed by atoms with Crippen molar-refractivity contribution in [2.45, 2.75) is 137 Å². The summed E-state index contributed by atoms with van der Waals surface area (Å²) in [6, 6.07) is 0. The van der Waals surface area contributed by atoms with E-state index in [1.54, 1.807) is 37.5 Å². The normalized spacial score (nSPS) is 12.0. The Morgan fingerprint density at radius 2 is 0.615 bits per heavy atom. The summed E-state index contributed by atoms with van der Waals surface area (Å²) in [6.45, 7) is 9.45. The summed E-state index contributed by atoms with van der Waals surface area (Å²) in [4.78, 5) is 0. The first-order valence-corrected chi connectivity index (χ1v) is 15.1. The molecule has 0 atom stereocenters. The Morgan fingerprint density at radius 1 is 0.308 bits per heavy atom. The molecule has 0 aromatic heterocycles. The Labute approximate surface area is 169 Å². The number of hydrogen-bond acceptors (Lipinski definition) is 0. The van der Waals surface area contributed by atoms with E-state index in [1.165, 1.54) is 96.3 Å². The van der Waals surface area contributed by atoms with E-state index < -0.39 is 7.26 Å². The molecular weight excluding hydrogens is 331 g/mol. The van der Waals surface area contributed by atoms with Crippen LogP contribution in [0.2, 0.25) is 0 Å². The van der Waals surface area contributed by atoms with E-state index >= 15 is 0 Å². The smallest absolute Gasteiger partial charge is 0.0594 e. The van der Waals surface area contributed by atoms with Crippen LogP contribution >= 0.6 is 7.26 Å². The minimum absolute atomic E-state index is 0.648. The van der Waals surface area contributed by atoms with Crippen molar-refractivity contribution < 1.29 is 0 Å². The summed E-state index contributed by atoms with van der Waals surface area (Å²) in [6.07, 6.45) is 31.5. The van der Waals surface area contributed by atoms with E-state index in [4.69, 9.17) is 0 Å². The summed E-state index contributed by atoms with van der Waals surface area (Å²) in [5.74, 6) is 0. The largest absolute Gasteiger partial charge is 0.0654 e. The Bertz CT molecular complexity index is 245. The van der Waals surface area contributed by atoms with Gasteiger partial charge in [0.05, 0.1) is 24.6 Å². The van der Waals surface area contributed by atoms with Crippen LogP contribution in [0, 0.1) is 0 Å². The Morgan fingerprint density at radius 3 is 0.962 bits per heavy atom. The van der Waals surface area contributed by atoms with Gasteiger partial charge in [-0.2, -0.15) is 0 Å². The molecule has 0 amide bonds. The molecule has 0 bridgehead atoms. The maximum Gasteiger partial charge on any atom is 0.0594 e. The minimum Gasteiger partial charge on any atom is -0.0654 e. The molecule has 26 heavy (non-hydrogen) atoms. The third kappa shape index (κ3) is 15.5. The highest BCUT2D eigenvalue weighted by atomic mass is 31.2. The van der Waals surface area contributed by atoms with Crippen molar-refractivity contribution in [1.82, 2.24) is 0 Å². The molecule has 0 spiro atoms. The van der Waals surface area contributed by atoms with E-state index in [0.29, 0.717) is 0 Å². The van der Waals surface area contributed by atoms with Crippen LogP contribution in [-0.4, -0.2) is 24.6 Å². The highest BCUT2D eigenvalue weighted by Gasteiger charge is 2.34. The fourth-order valence-corrected chi connectivity index (χ4v) is 9.45. The molecule has 0 radical (unpaired) electrons. The number of unbranched alkanes of at least 4 members (excludes halogenated alkanes) is 13. The van der Waals surface area contributed by atoms with Crippen molar-refractivity contribution in [2.24, 2.45) is 0 Å². The SMILES string of the molecule is CCCCCCCC[P+](CCC)(CCCCCC)CCCCCCCC. The number of hydrogen-bond donors (Lipinski definition) is 0. The molecule has 0 N–H and O–H groups in total. The molecule has 0 aliphatic rings. The van der Waals surface area contributed by atoms with Crippen LogP contribution in [0.1, 0.15) is 137 Å². The third-order valence-electron chi connectivity index (χ3n) is 6.16. The van der Waals surface area contributed by atoms with Gasteiger partial charge in [-0.1, -0.05) is 91.9 Å². The van der Waals surface area contributed by atoms with Crippen molar-refractivity contribution >= 4 is 7.26 Å². The van der Waals surface area contributed by atoms with Gasteiger partial charge in [-0.3, -0.25) is 0 Å². The van der Waals surface area contributed by atoms with E-state index in [2.05, 4.69) is 27.7 Å². The molecular formula is C25H54P+. The molecule has 0 heterocycles. The van der Waals surface area contributed by atoms with Crippen LogP contribution in [0.3, 0.4) is 0 Å². The minimum atomic E-state index is -0.648. The van der Waals surface area contributed by atoms with Crippen LogP contribution in [-0.2, 0) is 0 Å². The molecule has 0 rings (SSSR count). The van der Waals surface area contributed by atoms with Gasteiger partial charge in [-0.25, -0.2) is 0 Å². The predicted octanol–water partition coefficient (Wildman–Crippen LogP) is 9.72. The maximum atomic E-state index is 2.45. The highest BCUT2D eigenvalue weighted by molar-refractivity contribution is 7.75. The second-order valence-electron chi connectivity index (χ2n) is 8.83. The van der Waals surface area contributed by atoms with Gasteiger partial charge in [0.2, 0.25) is 0 Å². The fourth-order valence-electron chi connectivity index (χ4n) is 4.47. The molecule has 158 valence electrons. The lowest BCUT2D eigenvalue weighted by Crippen LogP contribution is -2.13. The third-order valence-corrected chi connectivity index (χ3v) is 11.3. The zero-order valence-corrected chi connectivity index (χ0v) is 20.2. The number of rotatable bonds is 21. The molecule has 0 aromatic rings. The first-order valence-electron chi connectivity index (χ1n) is 12.6. The van der Waals surface area contributed by atoms with Gasteiger partial charge in [-0.15, -0.1) is 0 Å². The van der Waals surface area contributed by atoms with Gasteiger partial charge >= 0.3 is 0 Å². The summed E-state index contributed by atoms with van der Waals surface area (Å²) in [5.41, 5.74) is 0. The molecule has 1 heteroatoms. The highest BCUT2D eigenvalue weighted by Crippen LogP contribution is 2.61. The second-order valence-corrected chi connectivity index (χ2v) is 13.3. The lowest BCUT2D eigenvalue weighted by molar-refractivity contribution is 0.619. The summed E-state index contributed by atoms with van der Waals surface area (Å²) < 4.78 is 0. The van der Waals surface area contributed by atoms with Gasteiger partial charge in [0.15, 0.2) is 0 Å². The van der Waals surface area contributed by atoms with Gasteiger partial charge in [-0.05, 0) is 44.9 Å². The van der Waals surface area contributed by atoms with Crippen molar-refractivity contribution in [3.05, 3.63) is 0 Å². The van der Waals surface area contributed by atoms with E-state index in [1.807, 2.05) is 0 Å². The monoisotopic (exact) mass is 385 g/mol. The molecule has 0 fully saturated rings. The molecule has 0 saturated carbocycles. The molecule has 0 nitrogen and oxygen atoms in total. The average Bonchev–Trinajstić information content (AvgIpc) is 2.65. The Kier molecular flexibility index (Phi) is 20.5. The van der Waals surface area contributed by atoms with Crippen LogP contribution in [0.5, 0.6) is 0 Å². The molecule has 0 aliphatic heterocycles. The van der Waals surface area contributed by atoms with Gasteiger partial charge in [0.25, 0.3) is 0 Å². The predicted molar refractivity (Wildman–Crippen MR) is 128 cm³/mol. The standard InChI is InChI=1S/C25H54P/c1-5-9-12-15-17-20-24-26(22-8-4,23-19-14-11-7-3)25-21-18-16-13-10-6-2/h5-25H2,1-4H3/q+1. The molecule has 0 aromatic carbocycles. The second kappa shape index (κ2) is 20.2. The fraction of sp³-hybridized carbons (Fsp3) is 1.00. The van der Waals surface area contributed by atoms with Crippen LogP contribution in [0.4, 0.5) is 0 Å². The lowest BCUT2D eigenvalue weighted by atomic mass is 10.1. The molecule has 0 unspecified atom stereocenters. The van der Waals surface area contributed by atoms with Gasteiger partial charge in [0, 0.05) is 7.26 Å². The Balaban J connectivity index is 4.36. The lowest BCUT2D eigenvalue weighted by Gasteiger charge is -2.28. The summed E-state index contributed by atoms with van der Waals surface area (Å²) >= 11 is 0. The summed E-state index contributed by atoms with van der Waals surface area (Å²) in [7, 11) is -0.648. The first kappa shape index (κ1) is 26.4. The van der Waals surface area contributed by atoms with Crippen LogP contribution in [0.25, 0.3) is 0 Å². The molecule has 0 aliphatic carbocycles. The van der Waals surface area contributed by atoms with E-state index in [0.717, 1.165) is 0 Å². The van der Waals surface area contributed by atoms with Crippen molar-refractivity contribution in [2.75, 3.05) is 24.6 Å². The van der Waals surface area contributed by atoms with Crippen LogP contribution in [0.15, 0.2) is 0 Å². The summed E-state index contributed by atoms with van der Waals surface area (Å²) in [5, 5.41) is 0. The van der Waals surface area contributed by atoms with Gasteiger partial charge in [0.1, 0.15) is 0 Å². The maximum absolute atomic E-state index is 2.45. The Hall–Kier alpha value is 0.430. The topological polar surface area (TPSA) is 0 Å². The quantitative estimate of drug-likeness (QED) is 0.136. The zero-order chi connectivity index (χ0) is 19.3. The first-order chi connectivity index (χ1) is 12.7. The average molecular weight is 386 g/mol. The van der Waals surface area contributed by atoms with Crippen molar-refractivity contribution in [3.8, 4) is 0 Å². The van der Waals surface area contributed by atoms with Crippen molar-refractivity contribution in [1.29, 1.82) is 0 Å². The van der Waals surface area contributed by atoms with Crippen LogP contribution < -0.4 is 0 Å². The van der Waals surface area contributed by atoms with Crippen molar-refractivity contribution in [3.63, 3.8) is 0 Å².